The molecule has 2 aliphatic rings. The fourth-order valence-corrected chi connectivity index (χ4v) is 4.52. The van der Waals surface area contributed by atoms with Gasteiger partial charge in [-0.05, 0) is 54.2 Å². The third-order valence-corrected chi connectivity index (χ3v) is 6.16. The van der Waals surface area contributed by atoms with Crippen molar-refractivity contribution in [2.45, 2.75) is 25.3 Å². The lowest BCUT2D eigenvalue weighted by atomic mass is 9.98. The standard InChI is InChI=1S/C24H22ClN3O/c25-19-7-9-22-21(15-19)24(29)27-23(26-22)18-6-8-20(14-18)28-12-10-17(11-13-28)16-4-2-1-3-5-16/h1-5,7,9-10,14-15,20H,6,8,11-13H2,(H,26,27,29). The normalized spacial score (nSPS) is 20.0. The number of allylic oxidation sites excluding steroid dienone is 1. The van der Waals surface area contributed by atoms with Gasteiger partial charge < -0.3 is 4.98 Å². The third-order valence-electron chi connectivity index (χ3n) is 5.93. The van der Waals surface area contributed by atoms with Gasteiger partial charge in [0.2, 0.25) is 0 Å². The van der Waals surface area contributed by atoms with Crippen LogP contribution in [0, 0.1) is 0 Å². The lowest BCUT2D eigenvalue weighted by Gasteiger charge is -2.30. The Labute approximate surface area is 174 Å². The first-order chi connectivity index (χ1) is 14.2. The van der Waals surface area contributed by atoms with Gasteiger partial charge >= 0.3 is 0 Å². The van der Waals surface area contributed by atoms with Gasteiger partial charge in [-0.25, -0.2) is 4.98 Å². The van der Waals surface area contributed by atoms with Crippen LogP contribution in [-0.2, 0) is 0 Å². The van der Waals surface area contributed by atoms with Gasteiger partial charge in [0.25, 0.3) is 5.56 Å². The largest absolute Gasteiger partial charge is 0.306 e. The second kappa shape index (κ2) is 7.62. The van der Waals surface area contributed by atoms with Crippen LogP contribution >= 0.6 is 11.6 Å². The van der Waals surface area contributed by atoms with E-state index in [1.807, 2.05) is 6.07 Å². The molecule has 2 aromatic carbocycles. The Bertz CT molecular complexity index is 1180. The molecule has 1 unspecified atom stereocenters. The van der Waals surface area contributed by atoms with Gasteiger partial charge in [-0.1, -0.05) is 54.1 Å². The number of nitrogens with one attached hydrogen (secondary N) is 1. The van der Waals surface area contributed by atoms with Crippen molar-refractivity contribution in [1.82, 2.24) is 14.9 Å². The number of halogens is 1. The molecule has 4 nitrogen and oxygen atoms in total. The molecule has 1 aromatic heterocycles. The molecule has 0 amide bonds. The SMILES string of the molecule is O=c1[nH]c(C2=CC(N3CC=C(c4ccccc4)CC3)CC2)nc2ccc(Cl)cc12. The lowest BCUT2D eigenvalue weighted by molar-refractivity contribution is 0.250. The highest BCUT2D eigenvalue weighted by atomic mass is 35.5. The molecule has 29 heavy (non-hydrogen) atoms. The van der Waals surface area contributed by atoms with Crippen molar-refractivity contribution >= 4 is 33.7 Å². The summed E-state index contributed by atoms with van der Waals surface area (Å²) >= 11 is 6.01. The maximum atomic E-state index is 12.5. The fraction of sp³-hybridized carbons (Fsp3) is 0.250. The number of aromatic amines is 1. The van der Waals surface area contributed by atoms with E-state index in [0.29, 0.717) is 27.8 Å². The van der Waals surface area contributed by atoms with Gasteiger partial charge in [0.1, 0.15) is 5.82 Å². The summed E-state index contributed by atoms with van der Waals surface area (Å²) in [5.74, 6) is 0.685. The smallest absolute Gasteiger partial charge is 0.259 e. The van der Waals surface area contributed by atoms with Gasteiger partial charge in [-0.15, -0.1) is 0 Å². The van der Waals surface area contributed by atoms with Crippen molar-refractivity contribution in [1.29, 1.82) is 0 Å². The molecule has 1 atom stereocenters. The van der Waals surface area contributed by atoms with E-state index in [4.69, 9.17) is 11.6 Å². The van der Waals surface area contributed by atoms with E-state index in [0.717, 1.165) is 37.9 Å². The first-order valence-corrected chi connectivity index (χ1v) is 10.4. The van der Waals surface area contributed by atoms with Crippen molar-refractivity contribution in [2.75, 3.05) is 13.1 Å². The number of nitrogens with zero attached hydrogens (tertiary/aromatic N) is 2. The van der Waals surface area contributed by atoms with Crippen molar-refractivity contribution < 1.29 is 0 Å². The molecular formula is C24H22ClN3O. The summed E-state index contributed by atoms with van der Waals surface area (Å²) in [6, 6.07) is 16.3. The van der Waals surface area contributed by atoms with E-state index in [1.54, 1.807) is 12.1 Å². The van der Waals surface area contributed by atoms with Crippen LogP contribution in [0.5, 0.6) is 0 Å². The van der Waals surface area contributed by atoms with Crippen LogP contribution in [0.25, 0.3) is 22.0 Å². The van der Waals surface area contributed by atoms with Crippen LogP contribution in [0.4, 0.5) is 0 Å². The molecule has 0 saturated heterocycles. The minimum atomic E-state index is -0.134. The van der Waals surface area contributed by atoms with Gasteiger partial charge in [0.15, 0.2) is 0 Å². The Morgan fingerprint density at radius 1 is 1.07 bits per heavy atom. The predicted molar refractivity (Wildman–Crippen MR) is 119 cm³/mol. The first-order valence-electron chi connectivity index (χ1n) is 10.1. The second-order valence-corrected chi connectivity index (χ2v) is 8.15. The van der Waals surface area contributed by atoms with Crippen molar-refractivity contribution in [2.24, 2.45) is 0 Å². The first kappa shape index (κ1) is 18.3. The third kappa shape index (κ3) is 3.66. The molecule has 1 N–H and O–H groups in total. The van der Waals surface area contributed by atoms with Crippen LogP contribution in [0.1, 0.15) is 30.7 Å². The molecule has 1 aliphatic carbocycles. The van der Waals surface area contributed by atoms with E-state index in [2.05, 4.69) is 57.4 Å². The molecule has 2 heterocycles. The Balaban J connectivity index is 1.36. The van der Waals surface area contributed by atoms with Crippen LogP contribution in [-0.4, -0.2) is 34.0 Å². The number of rotatable bonds is 3. The van der Waals surface area contributed by atoms with Crippen molar-refractivity contribution in [3.05, 3.63) is 87.4 Å². The van der Waals surface area contributed by atoms with Gasteiger partial charge in [-0.2, -0.15) is 0 Å². The topological polar surface area (TPSA) is 49.0 Å². The average Bonchev–Trinajstić information content (AvgIpc) is 3.25. The summed E-state index contributed by atoms with van der Waals surface area (Å²) in [4.78, 5) is 22.6. The average molecular weight is 404 g/mol. The van der Waals surface area contributed by atoms with Crippen LogP contribution in [0.3, 0.4) is 0 Å². The number of benzene rings is 2. The van der Waals surface area contributed by atoms with E-state index in [1.165, 1.54) is 11.1 Å². The Morgan fingerprint density at radius 2 is 1.93 bits per heavy atom. The highest BCUT2D eigenvalue weighted by molar-refractivity contribution is 6.31. The van der Waals surface area contributed by atoms with Crippen LogP contribution in [0.2, 0.25) is 5.02 Å². The van der Waals surface area contributed by atoms with Crippen LogP contribution < -0.4 is 5.56 Å². The van der Waals surface area contributed by atoms with Crippen LogP contribution in [0.15, 0.2) is 65.5 Å². The molecule has 3 aromatic rings. The Kier molecular flexibility index (Phi) is 4.82. The van der Waals surface area contributed by atoms with Gasteiger partial charge in [0, 0.05) is 24.2 Å². The quantitative estimate of drug-likeness (QED) is 0.675. The highest BCUT2D eigenvalue weighted by Gasteiger charge is 2.25. The van der Waals surface area contributed by atoms with E-state index in [-0.39, 0.29) is 5.56 Å². The maximum absolute atomic E-state index is 12.5. The summed E-state index contributed by atoms with van der Waals surface area (Å²) < 4.78 is 0. The number of hydrogen-bond acceptors (Lipinski definition) is 3. The number of H-pyrrole nitrogens is 1. The lowest BCUT2D eigenvalue weighted by Crippen LogP contribution is -2.36. The molecular weight excluding hydrogens is 382 g/mol. The number of aromatic nitrogens is 2. The maximum Gasteiger partial charge on any atom is 0.259 e. The summed E-state index contributed by atoms with van der Waals surface area (Å²) in [7, 11) is 0. The monoisotopic (exact) mass is 403 g/mol. The zero-order valence-electron chi connectivity index (χ0n) is 16.1. The molecule has 0 radical (unpaired) electrons. The van der Waals surface area contributed by atoms with Crippen molar-refractivity contribution in [3.8, 4) is 0 Å². The van der Waals surface area contributed by atoms with E-state index in [9.17, 15) is 4.79 Å². The molecule has 5 heteroatoms. The Hall–Kier alpha value is -2.69. The molecule has 0 saturated carbocycles. The summed E-state index contributed by atoms with van der Waals surface area (Å²) in [6.45, 7) is 2.01. The molecule has 0 bridgehead atoms. The number of hydrogen-bond donors (Lipinski definition) is 1. The highest BCUT2D eigenvalue weighted by Crippen LogP contribution is 2.31. The van der Waals surface area contributed by atoms with E-state index < -0.39 is 0 Å². The fourth-order valence-electron chi connectivity index (χ4n) is 4.35. The predicted octanol–water partition coefficient (Wildman–Crippen LogP) is 4.91. The van der Waals surface area contributed by atoms with E-state index >= 15 is 0 Å². The van der Waals surface area contributed by atoms with Crippen molar-refractivity contribution in [3.63, 3.8) is 0 Å². The Morgan fingerprint density at radius 3 is 2.72 bits per heavy atom. The summed E-state index contributed by atoms with van der Waals surface area (Å²) in [5, 5.41) is 1.08. The minimum absolute atomic E-state index is 0.134. The molecule has 146 valence electrons. The zero-order valence-corrected chi connectivity index (χ0v) is 16.8. The molecule has 5 rings (SSSR count). The summed E-state index contributed by atoms with van der Waals surface area (Å²) in [5.41, 5.74) is 4.44. The van der Waals surface area contributed by atoms with Gasteiger partial charge in [-0.3, -0.25) is 9.69 Å². The minimum Gasteiger partial charge on any atom is -0.306 e. The van der Waals surface area contributed by atoms with Gasteiger partial charge in [0.05, 0.1) is 10.9 Å². The molecule has 1 aliphatic heterocycles. The molecule has 0 spiro atoms. The number of fused-ring (bicyclic) bond motifs is 1. The second-order valence-electron chi connectivity index (χ2n) is 7.71. The summed E-state index contributed by atoms with van der Waals surface area (Å²) in [6.07, 6.45) is 7.69. The zero-order chi connectivity index (χ0) is 19.8. The molecule has 0 fully saturated rings.